The molecule has 24 heavy (non-hydrogen) atoms. The zero-order chi connectivity index (χ0) is 17.8. The Labute approximate surface area is 140 Å². The summed E-state index contributed by atoms with van der Waals surface area (Å²) in [7, 11) is -1.15. The van der Waals surface area contributed by atoms with Crippen LogP contribution >= 0.6 is 0 Å². The van der Waals surface area contributed by atoms with E-state index in [0.717, 1.165) is 25.5 Å². The van der Waals surface area contributed by atoms with E-state index >= 15 is 0 Å². The van der Waals surface area contributed by atoms with E-state index in [0.29, 0.717) is 6.61 Å². The normalized spacial score (nSPS) is 20.9. The minimum absolute atomic E-state index is 0.0896. The summed E-state index contributed by atoms with van der Waals surface area (Å²) >= 11 is 0. The second kappa shape index (κ2) is 7.43. The van der Waals surface area contributed by atoms with Crippen LogP contribution in [0.15, 0.2) is 23.1 Å². The molecule has 1 aromatic rings. The molecule has 0 amide bonds. The molecule has 1 unspecified atom stereocenters. The van der Waals surface area contributed by atoms with Gasteiger partial charge in [-0.15, -0.1) is 0 Å². The molecule has 1 heterocycles. The average Bonchev–Trinajstić information content (AvgIpc) is 3.02. The second-order valence-electron chi connectivity index (χ2n) is 5.66. The largest absolute Gasteiger partial charge is 0.497 e. The molecule has 0 aliphatic carbocycles. The van der Waals surface area contributed by atoms with Crippen molar-refractivity contribution >= 4 is 15.7 Å². The molecule has 2 rings (SSSR count). The van der Waals surface area contributed by atoms with Gasteiger partial charge in [0.15, 0.2) is 4.90 Å². The van der Waals surface area contributed by atoms with Crippen LogP contribution in [-0.2, 0) is 14.8 Å². The summed E-state index contributed by atoms with van der Waals surface area (Å²) in [4.78, 5) is 10.1. The third-order valence-electron chi connectivity index (χ3n) is 4.01. The smallest absolute Gasteiger partial charge is 0.293 e. The van der Waals surface area contributed by atoms with Crippen molar-refractivity contribution in [1.29, 1.82) is 0 Å². The van der Waals surface area contributed by atoms with E-state index in [1.54, 1.807) is 7.11 Å². The van der Waals surface area contributed by atoms with Crippen LogP contribution in [0, 0.1) is 10.1 Å². The third-order valence-corrected chi connectivity index (χ3v) is 5.45. The van der Waals surface area contributed by atoms with Crippen LogP contribution in [0.25, 0.3) is 0 Å². The van der Waals surface area contributed by atoms with Crippen LogP contribution in [0.3, 0.4) is 0 Å². The van der Waals surface area contributed by atoms with Crippen molar-refractivity contribution in [3.63, 3.8) is 0 Å². The van der Waals surface area contributed by atoms with Crippen molar-refractivity contribution in [2.24, 2.45) is 0 Å². The molecule has 10 heteroatoms. The fourth-order valence-corrected chi connectivity index (χ4v) is 4.05. The lowest BCUT2D eigenvalue weighted by atomic mass is 9.99. The van der Waals surface area contributed by atoms with Crippen molar-refractivity contribution in [1.82, 2.24) is 10.0 Å². The standard InChI is InChI=1S/C14H21N3O6S/c1-22-10-14(6-3-7-15-14)9-16-24(20,21)13-5-4-11(23-2)8-12(13)17(18)19/h4-5,8,15-16H,3,6-7,9-10H2,1-2H3. The number of rotatable bonds is 8. The third kappa shape index (κ3) is 4.01. The predicted molar refractivity (Wildman–Crippen MR) is 86.7 cm³/mol. The van der Waals surface area contributed by atoms with Crippen LogP contribution in [0.4, 0.5) is 5.69 Å². The van der Waals surface area contributed by atoms with Crippen LogP contribution < -0.4 is 14.8 Å². The fourth-order valence-electron chi connectivity index (χ4n) is 2.78. The first-order valence-corrected chi connectivity index (χ1v) is 8.88. The Bertz CT molecular complexity index is 700. The Morgan fingerprint density at radius 1 is 1.42 bits per heavy atom. The van der Waals surface area contributed by atoms with E-state index < -0.39 is 26.2 Å². The number of hydrogen-bond acceptors (Lipinski definition) is 7. The summed E-state index contributed by atoms with van der Waals surface area (Å²) in [6, 6.07) is 3.64. The highest BCUT2D eigenvalue weighted by Crippen LogP contribution is 2.28. The molecular weight excluding hydrogens is 338 g/mol. The SMILES string of the molecule is COCC1(CNS(=O)(=O)c2ccc(OC)cc2[N+](=O)[O-])CCCN1. The molecule has 1 aliphatic rings. The number of nitro benzene ring substituents is 1. The number of methoxy groups -OCH3 is 2. The van der Waals surface area contributed by atoms with Crippen LogP contribution in [0.2, 0.25) is 0 Å². The molecule has 0 bridgehead atoms. The van der Waals surface area contributed by atoms with Crippen molar-refractivity contribution in [3.05, 3.63) is 28.3 Å². The van der Waals surface area contributed by atoms with Gasteiger partial charge in [-0.3, -0.25) is 10.1 Å². The lowest BCUT2D eigenvalue weighted by Crippen LogP contribution is -2.52. The number of hydrogen-bond donors (Lipinski definition) is 2. The zero-order valence-corrected chi connectivity index (χ0v) is 14.4. The first kappa shape index (κ1) is 18.6. The van der Waals surface area contributed by atoms with Crippen molar-refractivity contribution < 1.29 is 22.8 Å². The van der Waals surface area contributed by atoms with Crippen molar-refractivity contribution in [3.8, 4) is 5.75 Å². The number of benzene rings is 1. The maximum Gasteiger partial charge on any atom is 0.293 e. The topological polar surface area (TPSA) is 120 Å². The lowest BCUT2D eigenvalue weighted by Gasteiger charge is -2.28. The molecular formula is C14H21N3O6S. The summed E-state index contributed by atoms with van der Waals surface area (Å²) in [6.45, 7) is 1.21. The van der Waals surface area contributed by atoms with Gasteiger partial charge in [-0.25, -0.2) is 13.1 Å². The van der Waals surface area contributed by atoms with E-state index in [2.05, 4.69) is 10.0 Å². The summed E-state index contributed by atoms with van der Waals surface area (Å²) in [6.07, 6.45) is 1.67. The Morgan fingerprint density at radius 2 is 2.17 bits per heavy atom. The molecule has 1 saturated heterocycles. The first-order chi connectivity index (χ1) is 11.3. The molecule has 1 aromatic carbocycles. The van der Waals surface area contributed by atoms with Gasteiger partial charge in [0.05, 0.1) is 30.2 Å². The van der Waals surface area contributed by atoms with Gasteiger partial charge in [-0.1, -0.05) is 0 Å². The van der Waals surface area contributed by atoms with Gasteiger partial charge in [-0.05, 0) is 31.5 Å². The van der Waals surface area contributed by atoms with E-state index in [9.17, 15) is 18.5 Å². The van der Waals surface area contributed by atoms with Gasteiger partial charge in [0.1, 0.15) is 5.75 Å². The molecule has 0 aromatic heterocycles. The van der Waals surface area contributed by atoms with Crippen LogP contribution in [0.1, 0.15) is 12.8 Å². The van der Waals surface area contributed by atoms with E-state index in [1.165, 1.54) is 19.2 Å². The highest BCUT2D eigenvalue weighted by Gasteiger charge is 2.36. The number of nitrogens with zero attached hydrogens (tertiary/aromatic N) is 1. The van der Waals surface area contributed by atoms with Gasteiger partial charge < -0.3 is 14.8 Å². The van der Waals surface area contributed by atoms with Gasteiger partial charge in [0, 0.05) is 13.7 Å². The van der Waals surface area contributed by atoms with Crippen LogP contribution in [-0.4, -0.2) is 52.8 Å². The molecule has 0 radical (unpaired) electrons. The summed E-state index contributed by atoms with van der Waals surface area (Å²) < 4.78 is 37.6. The molecule has 134 valence electrons. The molecule has 9 nitrogen and oxygen atoms in total. The van der Waals surface area contributed by atoms with Crippen LogP contribution in [0.5, 0.6) is 5.75 Å². The highest BCUT2D eigenvalue weighted by atomic mass is 32.2. The maximum absolute atomic E-state index is 12.5. The average molecular weight is 359 g/mol. The van der Waals surface area contributed by atoms with Gasteiger partial charge in [0.2, 0.25) is 10.0 Å². The Kier molecular flexibility index (Phi) is 5.75. The van der Waals surface area contributed by atoms with E-state index in [1.807, 2.05) is 0 Å². The Balaban J connectivity index is 2.25. The number of ether oxygens (including phenoxy) is 2. The summed E-state index contributed by atoms with van der Waals surface area (Å²) in [5.41, 5.74) is -1.02. The Hall–Kier alpha value is -1.75. The molecule has 0 saturated carbocycles. The zero-order valence-electron chi connectivity index (χ0n) is 13.6. The molecule has 1 fully saturated rings. The first-order valence-electron chi connectivity index (χ1n) is 7.40. The van der Waals surface area contributed by atoms with E-state index in [-0.39, 0.29) is 17.2 Å². The highest BCUT2D eigenvalue weighted by molar-refractivity contribution is 7.89. The predicted octanol–water partition coefficient (Wildman–Crippen LogP) is 0.650. The summed E-state index contributed by atoms with van der Waals surface area (Å²) in [5, 5.41) is 14.4. The van der Waals surface area contributed by atoms with E-state index in [4.69, 9.17) is 9.47 Å². The van der Waals surface area contributed by atoms with Gasteiger partial charge in [-0.2, -0.15) is 0 Å². The minimum Gasteiger partial charge on any atom is -0.497 e. The van der Waals surface area contributed by atoms with Crippen molar-refractivity contribution in [2.75, 3.05) is 33.9 Å². The monoisotopic (exact) mass is 359 g/mol. The lowest BCUT2D eigenvalue weighted by molar-refractivity contribution is -0.387. The van der Waals surface area contributed by atoms with Crippen molar-refractivity contribution in [2.45, 2.75) is 23.3 Å². The molecule has 1 aliphatic heterocycles. The number of sulfonamides is 1. The minimum atomic E-state index is -4.05. The summed E-state index contributed by atoms with van der Waals surface area (Å²) in [5.74, 6) is 0.217. The maximum atomic E-state index is 12.5. The second-order valence-corrected chi connectivity index (χ2v) is 7.39. The number of nitro groups is 1. The van der Waals surface area contributed by atoms with Gasteiger partial charge >= 0.3 is 0 Å². The number of nitrogens with one attached hydrogen (secondary N) is 2. The fraction of sp³-hybridized carbons (Fsp3) is 0.571. The van der Waals surface area contributed by atoms with Gasteiger partial charge in [0.25, 0.3) is 5.69 Å². The quantitative estimate of drug-likeness (QED) is 0.516. The molecule has 0 spiro atoms. The molecule has 1 atom stereocenters. The molecule has 2 N–H and O–H groups in total. The Morgan fingerprint density at radius 3 is 2.71 bits per heavy atom.